The minimum absolute atomic E-state index is 0.0460. The number of imidazole rings is 2. The number of thiol groups is 2. The van der Waals surface area contributed by atoms with Gasteiger partial charge in [0.2, 0.25) is 5.95 Å². The van der Waals surface area contributed by atoms with Gasteiger partial charge in [0.05, 0.1) is 25.9 Å². The molecule has 7 rings (SSSR count). The number of H-pyrrole nitrogens is 1. The second-order valence-electron chi connectivity index (χ2n) is 10.2. The predicted octanol–water partition coefficient (Wildman–Crippen LogP) is 2.00. The third-order valence-electron chi connectivity index (χ3n) is 7.42. The van der Waals surface area contributed by atoms with Crippen LogP contribution >= 0.6 is 38.1 Å². The molecule has 4 N–H and O–H groups in total. The van der Waals surface area contributed by atoms with Crippen molar-refractivity contribution in [1.29, 1.82) is 0 Å². The molecule has 0 saturated carbocycles. The fourth-order valence-electron chi connectivity index (χ4n) is 5.34. The SMILES string of the molecule is CNc1nc2c(ncn2[C@H]2C[C@@H]3OP(=O)(S)OC[C@H]4O[C@@H](n5cnc6c(N)ncnc65)[C@H](F)[C@@H]4OP(=O)(S)OC[C@H]3O2)c(=O)[nH]1. The average molecular weight is 707 g/mol. The summed E-state index contributed by atoms with van der Waals surface area (Å²) in [5.41, 5.74) is 6.02. The number of hydrogen-bond donors (Lipinski definition) is 5. The largest absolute Gasteiger partial charge is 0.386 e. The monoisotopic (exact) mass is 706 g/mol. The minimum Gasteiger partial charge on any atom is -0.382 e. The maximum atomic E-state index is 16.0. The van der Waals surface area contributed by atoms with Crippen molar-refractivity contribution >= 4 is 72.2 Å². The number of nitrogens with zero attached hydrogens (tertiary/aromatic N) is 7. The van der Waals surface area contributed by atoms with Crippen LogP contribution in [0.25, 0.3) is 22.3 Å². The Labute approximate surface area is 262 Å². The van der Waals surface area contributed by atoms with E-state index in [2.05, 4.69) is 59.7 Å². The molecule has 0 radical (unpaired) electrons. The summed E-state index contributed by atoms with van der Waals surface area (Å²) < 4.78 is 79.9. The lowest BCUT2D eigenvalue weighted by Crippen LogP contribution is -2.35. The van der Waals surface area contributed by atoms with Crippen LogP contribution in [0.15, 0.2) is 23.8 Å². The zero-order valence-corrected chi connectivity index (χ0v) is 26.5. The number of nitrogens with one attached hydrogen (secondary N) is 2. The van der Waals surface area contributed by atoms with Gasteiger partial charge in [0.15, 0.2) is 35.0 Å². The minimum atomic E-state index is -4.28. The number of nitrogens with two attached hydrogens (primary N) is 1. The highest BCUT2D eigenvalue weighted by Crippen LogP contribution is 2.60. The van der Waals surface area contributed by atoms with Crippen molar-refractivity contribution in [2.45, 2.75) is 49.5 Å². The average Bonchev–Trinajstić information content (AvgIpc) is 3.76. The molecule has 4 aromatic rings. The van der Waals surface area contributed by atoms with Gasteiger partial charge in [-0.3, -0.25) is 37.0 Å². The molecule has 3 fully saturated rings. The lowest BCUT2D eigenvalue weighted by Gasteiger charge is -2.27. The molecule has 0 amide bonds. The van der Waals surface area contributed by atoms with E-state index in [9.17, 15) is 13.9 Å². The highest BCUT2D eigenvalue weighted by Gasteiger charge is 2.52. The molecule has 242 valence electrons. The van der Waals surface area contributed by atoms with Crippen molar-refractivity contribution in [2.24, 2.45) is 0 Å². The predicted molar refractivity (Wildman–Crippen MR) is 160 cm³/mol. The van der Waals surface area contributed by atoms with Gasteiger partial charge in [0.25, 0.3) is 5.56 Å². The molecule has 4 aromatic heterocycles. The number of rotatable bonds is 3. The summed E-state index contributed by atoms with van der Waals surface area (Å²) in [6.07, 6.45) is -5.22. The molecule has 24 heteroatoms. The fourth-order valence-corrected chi connectivity index (χ4v) is 8.35. The molecule has 0 spiro atoms. The number of fused-ring (bicyclic) bond motifs is 4. The Hall–Kier alpha value is -2.65. The van der Waals surface area contributed by atoms with Crippen LogP contribution in [-0.4, -0.2) is 89.9 Å². The number of aromatic amines is 1. The number of hydrogen-bond acceptors (Lipinski definition) is 16. The van der Waals surface area contributed by atoms with Crippen molar-refractivity contribution in [3.8, 4) is 0 Å². The quantitative estimate of drug-likeness (QED) is 0.151. The number of nitrogen functional groups attached to an aromatic ring is 1. The van der Waals surface area contributed by atoms with Crippen LogP contribution in [0.4, 0.5) is 16.2 Å². The van der Waals surface area contributed by atoms with E-state index in [-0.39, 0.29) is 40.5 Å². The van der Waals surface area contributed by atoms with Crippen LogP contribution in [0.1, 0.15) is 18.9 Å². The van der Waals surface area contributed by atoms with Crippen LogP contribution < -0.4 is 16.6 Å². The van der Waals surface area contributed by atoms with Gasteiger partial charge in [-0.25, -0.2) is 33.5 Å². The molecule has 3 aliphatic heterocycles. The lowest BCUT2D eigenvalue weighted by atomic mass is 10.1. The first-order valence-corrected chi connectivity index (χ1v) is 18.7. The van der Waals surface area contributed by atoms with Crippen LogP contribution in [-0.2, 0) is 36.7 Å². The maximum absolute atomic E-state index is 16.0. The van der Waals surface area contributed by atoms with Crippen LogP contribution in [0, 0.1) is 0 Å². The molecule has 0 bridgehead atoms. The van der Waals surface area contributed by atoms with E-state index in [4.69, 9.17) is 33.3 Å². The number of alkyl halides is 1. The van der Waals surface area contributed by atoms with E-state index in [1.54, 1.807) is 7.05 Å². The second kappa shape index (κ2) is 11.5. The highest BCUT2D eigenvalue weighted by molar-refractivity contribution is 8.44. The maximum Gasteiger partial charge on any atom is 0.386 e. The van der Waals surface area contributed by atoms with Crippen molar-refractivity contribution in [3.63, 3.8) is 0 Å². The first-order valence-electron chi connectivity index (χ1n) is 13.3. The van der Waals surface area contributed by atoms with Crippen LogP contribution in [0.5, 0.6) is 0 Å². The smallest absolute Gasteiger partial charge is 0.382 e. The van der Waals surface area contributed by atoms with Gasteiger partial charge >= 0.3 is 13.6 Å². The second-order valence-corrected chi connectivity index (χ2v) is 15.9. The summed E-state index contributed by atoms with van der Waals surface area (Å²) in [7, 11) is 1.58. The van der Waals surface area contributed by atoms with Gasteiger partial charge in [0.1, 0.15) is 42.5 Å². The zero-order valence-electron chi connectivity index (χ0n) is 22.9. The molecule has 45 heavy (non-hydrogen) atoms. The number of aromatic nitrogens is 8. The first-order chi connectivity index (χ1) is 21.4. The summed E-state index contributed by atoms with van der Waals surface area (Å²) in [5.74, 6) is 0.267. The van der Waals surface area contributed by atoms with E-state index in [1.807, 2.05) is 0 Å². The van der Waals surface area contributed by atoms with Crippen molar-refractivity contribution < 1.29 is 41.1 Å². The topological polar surface area (TPSA) is 235 Å². The summed E-state index contributed by atoms with van der Waals surface area (Å²) in [6.45, 7) is -9.43. The Balaban J connectivity index is 1.15. The Bertz CT molecular complexity index is 1930. The summed E-state index contributed by atoms with van der Waals surface area (Å²) in [6, 6.07) is 0. The standard InChI is InChI=1S/C21H25FN10O9P2S2/c1-24-21-29-18-14(19(33)30-21)28-6-31(18)11-2-8-9(38-11)3-36-43(35,45)41-15-10(4-37-42(34,44)40-8)39-20(12(15)22)32-7-27-13-16(23)25-5-26-17(13)32/h5-12,15,20H,2-4H2,1H3,(H,34,44)(H,35,45)(H2,23,25,26)(H2,24,29,30,33)/t8-,9+,10+,11+,12+,15+,20+,42?,43?/m0/s1. The molecular formula is C21H25FN10O9P2S2. The van der Waals surface area contributed by atoms with Gasteiger partial charge in [0, 0.05) is 13.5 Å². The Kier molecular flexibility index (Phi) is 7.95. The molecule has 3 saturated heterocycles. The third kappa shape index (κ3) is 5.77. The fraction of sp³-hybridized carbons (Fsp3) is 0.524. The van der Waals surface area contributed by atoms with Crippen molar-refractivity contribution in [1.82, 2.24) is 39.0 Å². The van der Waals surface area contributed by atoms with Gasteiger partial charge in [-0.1, -0.05) is 24.5 Å². The van der Waals surface area contributed by atoms with E-state index in [1.165, 1.54) is 28.1 Å². The summed E-state index contributed by atoms with van der Waals surface area (Å²) in [4.78, 5) is 35.5. The summed E-state index contributed by atoms with van der Waals surface area (Å²) in [5, 5.41) is 2.76. The number of anilines is 2. The van der Waals surface area contributed by atoms with E-state index in [0.29, 0.717) is 0 Å². The molecule has 19 nitrogen and oxygen atoms in total. The number of halogens is 1. The molecule has 7 heterocycles. The van der Waals surface area contributed by atoms with Crippen LogP contribution in [0.2, 0.25) is 0 Å². The summed E-state index contributed by atoms with van der Waals surface area (Å²) >= 11 is 8.18. The number of ether oxygens (including phenoxy) is 2. The van der Waals surface area contributed by atoms with Crippen molar-refractivity contribution in [3.05, 3.63) is 29.3 Å². The van der Waals surface area contributed by atoms with Gasteiger partial charge in [-0.05, 0) is 0 Å². The van der Waals surface area contributed by atoms with E-state index >= 15 is 4.39 Å². The van der Waals surface area contributed by atoms with Crippen LogP contribution in [0.3, 0.4) is 0 Å². The molecule has 3 aliphatic rings. The molecule has 2 unspecified atom stereocenters. The molecule has 9 atom stereocenters. The Morgan fingerprint density at radius 1 is 0.978 bits per heavy atom. The molecule has 0 aliphatic carbocycles. The van der Waals surface area contributed by atoms with Gasteiger partial charge < -0.3 is 20.5 Å². The molecular weight excluding hydrogens is 681 g/mol. The highest BCUT2D eigenvalue weighted by atomic mass is 32.7. The zero-order chi connectivity index (χ0) is 31.7. The lowest BCUT2D eigenvalue weighted by molar-refractivity contribution is -0.0540. The Morgan fingerprint density at radius 2 is 1.69 bits per heavy atom. The normalized spacial score (nSPS) is 36.0. The van der Waals surface area contributed by atoms with Gasteiger partial charge in [-0.2, -0.15) is 4.98 Å². The molecule has 0 aromatic carbocycles. The van der Waals surface area contributed by atoms with E-state index < -0.39 is 75.4 Å². The Morgan fingerprint density at radius 3 is 2.47 bits per heavy atom. The van der Waals surface area contributed by atoms with Gasteiger partial charge in [-0.15, -0.1) is 0 Å². The first kappa shape index (κ1) is 31.0. The third-order valence-corrected chi connectivity index (χ3v) is 10.7. The van der Waals surface area contributed by atoms with Crippen molar-refractivity contribution in [2.75, 3.05) is 31.3 Å². The van der Waals surface area contributed by atoms with E-state index in [0.717, 1.165) is 0 Å².